The number of hydrogen-bond donors (Lipinski definition) is 2. The van der Waals surface area contributed by atoms with Crippen LogP contribution >= 0.6 is 0 Å². The second-order valence-corrected chi connectivity index (χ2v) is 8.46. The molecule has 5 aromatic rings. The largest absolute Gasteiger partial charge is 0.366 e. The third-order valence-corrected chi connectivity index (χ3v) is 6.40. The Morgan fingerprint density at radius 1 is 1.06 bits per heavy atom. The minimum Gasteiger partial charge on any atom is -0.366 e. The molecule has 0 bridgehead atoms. The molecular formula is C27H21FN4O. The highest BCUT2D eigenvalue weighted by Crippen LogP contribution is 2.38. The molecule has 33 heavy (non-hydrogen) atoms. The fourth-order valence-corrected chi connectivity index (χ4v) is 4.88. The van der Waals surface area contributed by atoms with Crippen LogP contribution in [0.3, 0.4) is 0 Å². The molecule has 162 valence electrons. The zero-order chi connectivity index (χ0) is 22.7. The van der Waals surface area contributed by atoms with Crippen molar-refractivity contribution >= 4 is 33.8 Å². The summed E-state index contributed by atoms with van der Waals surface area (Å²) in [4.78, 5) is 19.9. The van der Waals surface area contributed by atoms with Crippen LogP contribution in [-0.4, -0.2) is 20.4 Å². The number of hydrogen-bond acceptors (Lipinski definition) is 2. The van der Waals surface area contributed by atoms with Gasteiger partial charge in [0.1, 0.15) is 11.7 Å². The average molecular weight is 436 g/mol. The number of nitrogens with two attached hydrogens (primary N) is 1. The number of nitrogens with one attached hydrogen (secondary N) is 1. The normalized spacial score (nSPS) is 13.3. The number of para-hydroxylation sites is 1. The Hall–Kier alpha value is -4.19. The molecule has 3 aromatic carbocycles. The summed E-state index contributed by atoms with van der Waals surface area (Å²) < 4.78 is 16.0. The van der Waals surface area contributed by atoms with E-state index >= 15 is 0 Å². The Kier molecular flexibility index (Phi) is 4.23. The van der Waals surface area contributed by atoms with E-state index in [0.29, 0.717) is 24.1 Å². The first-order valence-corrected chi connectivity index (χ1v) is 10.9. The van der Waals surface area contributed by atoms with Gasteiger partial charge in [0.25, 0.3) is 0 Å². The number of rotatable bonds is 3. The van der Waals surface area contributed by atoms with Crippen molar-refractivity contribution in [1.82, 2.24) is 14.5 Å². The third kappa shape index (κ3) is 2.98. The fraction of sp³-hybridized carbons (Fsp3) is 0.111. The van der Waals surface area contributed by atoms with Crippen LogP contribution in [0.2, 0.25) is 0 Å². The molecule has 5 nitrogen and oxygen atoms in total. The molecule has 2 aromatic heterocycles. The molecule has 0 aliphatic heterocycles. The smallest absolute Gasteiger partial charge is 0.248 e. The van der Waals surface area contributed by atoms with E-state index in [1.165, 1.54) is 6.08 Å². The van der Waals surface area contributed by atoms with Crippen molar-refractivity contribution in [1.29, 1.82) is 0 Å². The van der Waals surface area contributed by atoms with Crippen LogP contribution in [-0.2, 0) is 6.42 Å². The van der Waals surface area contributed by atoms with Gasteiger partial charge in [-0.1, -0.05) is 30.3 Å². The number of carbonyl (C=O) groups excluding carboxylic acids is 1. The number of amides is 1. The van der Waals surface area contributed by atoms with Crippen molar-refractivity contribution in [3.05, 3.63) is 89.0 Å². The van der Waals surface area contributed by atoms with Crippen LogP contribution in [0.4, 0.5) is 4.39 Å². The number of aromatic nitrogens is 3. The summed E-state index contributed by atoms with van der Waals surface area (Å²) in [6, 6.07) is 20.0. The zero-order valence-electron chi connectivity index (χ0n) is 18.0. The molecule has 0 unspecified atom stereocenters. The summed E-state index contributed by atoms with van der Waals surface area (Å²) in [5.74, 6) is 0.167. The van der Waals surface area contributed by atoms with Crippen molar-refractivity contribution in [2.24, 2.45) is 5.73 Å². The van der Waals surface area contributed by atoms with E-state index in [1.54, 1.807) is 6.07 Å². The first-order chi connectivity index (χ1) is 16.0. The lowest BCUT2D eigenvalue weighted by atomic mass is 10.1. The van der Waals surface area contributed by atoms with Crippen LogP contribution in [0.15, 0.2) is 66.5 Å². The summed E-state index contributed by atoms with van der Waals surface area (Å²) in [5, 5.41) is 2.16. The molecule has 1 amide bonds. The number of benzene rings is 3. The summed E-state index contributed by atoms with van der Waals surface area (Å²) in [5.41, 5.74) is 12.5. The van der Waals surface area contributed by atoms with Gasteiger partial charge in [-0.2, -0.15) is 0 Å². The van der Waals surface area contributed by atoms with E-state index in [1.807, 2.05) is 43.3 Å². The number of imidazole rings is 1. The number of nitrogens with zero attached hydrogens (tertiary/aromatic N) is 2. The Morgan fingerprint density at radius 2 is 1.88 bits per heavy atom. The first-order valence-electron chi connectivity index (χ1n) is 10.9. The molecule has 0 spiro atoms. The molecule has 3 N–H and O–H groups in total. The second-order valence-electron chi connectivity index (χ2n) is 8.46. The number of halogens is 1. The minimum absolute atomic E-state index is 0.134. The Labute approximate surface area is 189 Å². The van der Waals surface area contributed by atoms with Gasteiger partial charge in [0.2, 0.25) is 5.91 Å². The van der Waals surface area contributed by atoms with Crippen molar-refractivity contribution in [2.45, 2.75) is 19.8 Å². The predicted octanol–water partition coefficient (Wildman–Crippen LogP) is 5.84. The highest BCUT2D eigenvalue weighted by Gasteiger charge is 2.20. The van der Waals surface area contributed by atoms with E-state index < -0.39 is 5.91 Å². The van der Waals surface area contributed by atoms with Gasteiger partial charge < -0.3 is 15.3 Å². The van der Waals surface area contributed by atoms with Crippen LogP contribution < -0.4 is 5.73 Å². The lowest BCUT2D eigenvalue weighted by Gasteiger charge is -2.11. The quantitative estimate of drug-likeness (QED) is 0.373. The number of aromatic amines is 1. The molecule has 0 fully saturated rings. The number of aryl methyl sites for hydroxylation is 2. The maximum absolute atomic E-state index is 13.8. The molecule has 0 saturated carbocycles. The average Bonchev–Trinajstić information content (AvgIpc) is 3.37. The monoisotopic (exact) mass is 436 g/mol. The molecule has 0 saturated heterocycles. The van der Waals surface area contributed by atoms with Gasteiger partial charge in [0.15, 0.2) is 0 Å². The van der Waals surface area contributed by atoms with Crippen molar-refractivity contribution in [3.63, 3.8) is 0 Å². The lowest BCUT2D eigenvalue weighted by molar-refractivity contribution is 0.0999. The topological polar surface area (TPSA) is 76.7 Å². The van der Waals surface area contributed by atoms with Crippen molar-refractivity contribution < 1.29 is 9.18 Å². The summed E-state index contributed by atoms with van der Waals surface area (Å²) >= 11 is 0. The Balaban J connectivity index is 1.64. The van der Waals surface area contributed by atoms with Crippen LogP contribution in [0, 0.1) is 6.92 Å². The third-order valence-electron chi connectivity index (χ3n) is 6.40. The number of H-pyrrole nitrogens is 1. The van der Waals surface area contributed by atoms with Crippen LogP contribution in [0.1, 0.15) is 33.7 Å². The number of carbonyl (C=O) groups is 1. The number of allylic oxidation sites excluding steroid dienone is 1. The van der Waals surface area contributed by atoms with Crippen LogP contribution in [0.5, 0.6) is 0 Å². The number of primary amides is 1. The van der Waals surface area contributed by atoms with E-state index in [-0.39, 0.29) is 5.83 Å². The molecule has 6 heteroatoms. The van der Waals surface area contributed by atoms with Gasteiger partial charge in [0, 0.05) is 39.7 Å². The van der Waals surface area contributed by atoms with E-state index in [2.05, 4.69) is 27.8 Å². The standard InChI is InChI=1S/C27H21FN4O/c1-15-13-17(10-11-18(15)26(29)33)32-23-7-3-2-5-19(23)25-20(6-4-8-24(25)32)27-30-21-12-9-16(28)14-22(21)31-27/h2-8,10-11,13-14H,9,12H2,1H3,(H2,29,33)(H,30,31). The molecule has 0 atom stereocenters. The molecular weight excluding hydrogens is 415 g/mol. The van der Waals surface area contributed by atoms with E-state index in [0.717, 1.165) is 50.1 Å². The van der Waals surface area contributed by atoms with Crippen molar-refractivity contribution in [3.8, 4) is 17.1 Å². The predicted molar refractivity (Wildman–Crippen MR) is 129 cm³/mol. The Bertz CT molecular complexity index is 1620. The summed E-state index contributed by atoms with van der Waals surface area (Å²) in [6.45, 7) is 1.89. The molecule has 6 rings (SSSR count). The molecule has 1 aliphatic carbocycles. The molecule has 1 aliphatic rings. The zero-order valence-corrected chi connectivity index (χ0v) is 18.0. The maximum Gasteiger partial charge on any atom is 0.248 e. The van der Waals surface area contributed by atoms with Gasteiger partial charge in [-0.3, -0.25) is 4.79 Å². The number of fused-ring (bicyclic) bond motifs is 4. The minimum atomic E-state index is -0.434. The molecule has 2 heterocycles. The van der Waals surface area contributed by atoms with Gasteiger partial charge in [-0.15, -0.1) is 0 Å². The SMILES string of the molecule is Cc1cc(-n2c3ccccc3c3c(-c4nc5c([nH]4)CCC(F)=C5)cccc32)ccc1C(N)=O. The summed E-state index contributed by atoms with van der Waals surface area (Å²) in [7, 11) is 0. The highest BCUT2D eigenvalue weighted by atomic mass is 19.1. The molecule has 0 radical (unpaired) electrons. The highest BCUT2D eigenvalue weighted by molar-refractivity contribution is 6.15. The van der Waals surface area contributed by atoms with Gasteiger partial charge >= 0.3 is 0 Å². The van der Waals surface area contributed by atoms with Gasteiger partial charge in [-0.25, -0.2) is 9.37 Å². The second kappa shape index (κ2) is 7.17. The first kappa shape index (κ1) is 19.5. The maximum atomic E-state index is 13.8. The van der Waals surface area contributed by atoms with Crippen LogP contribution in [0.25, 0.3) is 45.0 Å². The van der Waals surface area contributed by atoms with Gasteiger partial charge in [-0.05, 0) is 55.3 Å². The van der Waals surface area contributed by atoms with Crippen molar-refractivity contribution in [2.75, 3.05) is 0 Å². The van der Waals surface area contributed by atoms with E-state index in [9.17, 15) is 9.18 Å². The van der Waals surface area contributed by atoms with Gasteiger partial charge in [0.05, 0.1) is 16.7 Å². The Morgan fingerprint density at radius 3 is 2.70 bits per heavy atom. The summed E-state index contributed by atoms with van der Waals surface area (Å²) in [6.07, 6.45) is 2.54. The fourth-order valence-electron chi connectivity index (χ4n) is 4.88. The van der Waals surface area contributed by atoms with E-state index in [4.69, 9.17) is 10.7 Å². The lowest BCUT2D eigenvalue weighted by Crippen LogP contribution is -2.12.